The summed E-state index contributed by atoms with van der Waals surface area (Å²) in [6.45, 7) is 0. The van der Waals surface area contributed by atoms with E-state index in [0.717, 1.165) is 0 Å². The van der Waals surface area contributed by atoms with Crippen molar-refractivity contribution in [1.29, 1.82) is 5.26 Å². The number of hydrogen-bond acceptors (Lipinski definition) is 4. The van der Waals surface area contributed by atoms with Crippen LogP contribution in [-0.2, 0) is 0 Å². The Kier molecular flexibility index (Phi) is 4.62. The summed E-state index contributed by atoms with van der Waals surface area (Å²) in [7, 11) is 3.08. The minimum atomic E-state index is -0.643. The molecule has 0 aliphatic rings. The lowest BCUT2D eigenvalue weighted by molar-refractivity contribution is 0.393. The first-order valence-electron chi connectivity index (χ1n) is 6.31. The van der Waals surface area contributed by atoms with Crippen molar-refractivity contribution in [3.05, 3.63) is 53.8 Å². The maximum Gasteiger partial charge on any atom is 0.140 e. The van der Waals surface area contributed by atoms with Crippen LogP contribution in [0.25, 0.3) is 0 Å². The number of nitrogens with zero attached hydrogens (tertiary/aromatic N) is 1. The average Bonchev–Trinajstić information content (AvgIpc) is 2.52. The molecule has 2 rings (SSSR count). The second-order valence-electron chi connectivity index (χ2n) is 4.36. The highest BCUT2D eigenvalue weighted by Crippen LogP contribution is 2.28. The van der Waals surface area contributed by atoms with Gasteiger partial charge in [-0.3, -0.25) is 0 Å². The van der Waals surface area contributed by atoms with E-state index < -0.39 is 6.04 Å². The predicted octanol–water partition coefficient (Wildman–Crippen LogP) is 3.52. The van der Waals surface area contributed by atoms with Gasteiger partial charge >= 0.3 is 0 Å². The molecule has 0 bridgehead atoms. The zero-order valence-corrected chi connectivity index (χ0v) is 11.8. The fourth-order valence-corrected chi connectivity index (χ4v) is 1.93. The SMILES string of the molecule is COc1cc(OC)cc(C(C#N)Nc2cccc(F)c2)c1. The van der Waals surface area contributed by atoms with Gasteiger partial charge in [-0.25, -0.2) is 4.39 Å². The van der Waals surface area contributed by atoms with Gasteiger partial charge in [0.15, 0.2) is 0 Å². The molecule has 1 N–H and O–H groups in total. The molecule has 0 aliphatic carbocycles. The van der Waals surface area contributed by atoms with Gasteiger partial charge in [-0.2, -0.15) is 5.26 Å². The quantitative estimate of drug-likeness (QED) is 0.913. The molecule has 21 heavy (non-hydrogen) atoms. The summed E-state index contributed by atoms with van der Waals surface area (Å²) in [5, 5.41) is 12.3. The standard InChI is InChI=1S/C16H15FN2O2/c1-20-14-6-11(7-15(9-14)21-2)16(10-18)19-13-5-3-4-12(17)8-13/h3-9,16,19H,1-2H3. The zero-order valence-electron chi connectivity index (χ0n) is 11.8. The van der Waals surface area contributed by atoms with E-state index >= 15 is 0 Å². The van der Waals surface area contributed by atoms with E-state index in [0.29, 0.717) is 22.7 Å². The molecule has 108 valence electrons. The molecule has 0 fully saturated rings. The summed E-state index contributed by atoms with van der Waals surface area (Å²) < 4.78 is 23.6. The van der Waals surface area contributed by atoms with Crippen LogP contribution in [0.1, 0.15) is 11.6 Å². The minimum absolute atomic E-state index is 0.361. The zero-order chi connectivity index (χ0) is 15.2. The van der Waals surface area contributed by atoms with Gasteiger partial charge in [-0.1, -0.05) is 6.07 Å². The fraction of sp³-hybridized carbons (Fsp3) is 0.188. The Bertz CT molecular complexity index is 645. The highest BCUT2D eigenvalue weighted by atomic mass is 19.1. The first kappa shape index (κ1) is 14.7. The van der Waals surface area contributed by atoms with Gasteiger partial charge in [0.2, 0.25) is 0 Å². The smallest absolute Gasteiger partial charge is 0.140 e. The summed E-state index contributed by atoms with van der Waals surface area (Å²) in [6, 6.07) is 12.7. The number of methoxy groups -OCH3 is 2. The van der Waals surface area contributed by atoms with Crippen LogP contribution in [0.4, 0.5) is 10.1 Å². The molecule has 0 radical (unpaired) electrons. The Morgan fingerprint density at radius 1 is 1.10 bits per heavy atom. The number of anilines is 1. The molecule has 0 aromatic heterocycles. The summed E-state index contributed by atoms with van der Waals surface area (Å²) in [5.74, 6) is 0.816. The molecule has 1 atom stereocenters. The van der Waals surface area contributed by atoms with Gasteiger partial charge in [0, 0.05) is 11.8 Å². The van der Waals surface area contributed by atoms with Crippen molar-refractivity contribution >= 4 is 5.69 Å². The molecule has 0 amide bonds. The number of ether oxygens (including phenoxy) is 2. The molecule has 5 heteroatoms. The van der Waals surface area contributed by atoms with Crippen LogP contribution in [0, 0.1) is 17.1 Å². The van der Waals surface area contributed by atoms with Crippen molar-refractivity contribution in [2.45, 2.75) is 6.04 Å². The molecule has 0 saturated carbocycles. The third-order valence-corrected chi connectivity index (χ3v) is 2.97. The van der Waals surface area contributed by atoms with Crippen molar-refractivity contribution < 1.29 is 13.9 Å². The van der Waals surface area contributed by atoms with E-state index in [4.69, 9.17) is 9.47 Å². The molecular weight excluding hydrogens is 271 g/mol. The fourth-order valence-electron chi connectivity index (χ4n) is 1.93. The number of nitriles is 1. The van der Waals surface area contributed by atoms with Gasteiger partial charge in [-0.15, -0.1) is 0 Å². The molecule has 0 aliphatic heterocycles. The lowest BCUT2D eigenvalue weighted by Gasteiger charge is -2.15. The van der Waals surface area contributed by atoms with Gasteiger partial charge in [0.05, 0.1) is 20.3 Å². The van der Waals surface area contributed by atoms with Crippen molar-refractivity contribution in [2.75, 3.05) is 19.5 Å². The van der Waals surface area contributed by atoms with Crippen molar-refractivity contribution in [3.8, 4) is 17.6 Å². The summed E-state index contributed by atoms with van der Waals surface area (Å²) in [4.78, 5) is 0. The molecule has 0 spiro atoms. The maximum atomic E-state index is 13.2. The Balaban J connectivity index is 2.31. The van der Waals surface area contributed by atoms with Crippen LogP contribution in [0.3, 0.4) is 0 Å². The first-order valence-corrected chi connectivity index (χ1v) is 6.31. The van der Waals surface area contributed by atoms with Crippen molar-refractivity contribution in [2.24, 2.45) is 0 Å². The third-order valence-electron chi connectivity index (χ3n) is 2.97. The molecule has 2 aromatic carbocycles. The van der Waals surface area contributed by atoms with Crippen LogP contribution >= 0.6 is 0 Å². The first-order chi connectivity index (χ1) is 10.2. The van der Waals surface area contributed by atoms with E-state index in [-0.39, 0.29) is 5.82 Å². The van der Waals surface area contributed by atoms with E-state index in [1.165, 1.54) is 12.1 Å². The predicted molar refractivity (Wildman–Crippen MR) is 77.9 cm³/mol. The number of hydrogen-bond donors (Lipinski definition) is 1. The van der Waals surface area contributed by atoms with Crippen molar-refractivity contribution in [3.63, 3.8) is 0 Å². The second kappa shape index (κ2) is 6.62. The highest BCUT2D eigenvalue weighted by Gasteiger charge is 2.13. The second-order valence-corrected chi connectivity index (χ2v) is 4.36. The average molecular weight is 286 g/mol. The van der Waals surface area contributed by atoms with E-state index in [9.17, 15) is 9.65 Å². The van der Waals surface area contributed by atoms with Crippen LogP contribution in [0.15, 0.2) is 42.5 Å². The Morgan fingerprint density at radius 3 is 2.29 bits per heavy atom. The number of halogens is 1. The van der Waals surface area contributed by atoms with Crippen molar-refractivity contribution in [1.82, 2.24) is 0 Å². The molecule has 4 nitrogen and oxygen atoms in total. The molecule has 0 saturated heterocycles. The number of nitrogens with one attached hydrogen (secondary N) is 1. The minimum Gasteiger partial charge on any atom is -0.497 e. The third kappa shape index (κ3) is 3.63. The van der Waals surface area contributed by atoms with Gasteiger partial charge in [0.25, 0.3) is 0 Å². The molecule has 1 unspecified atom stereocenters. The number of rotatable bonds is 5. The molecular formula is C16H15FN2O2. The topological polar surface area (TPSA) is 54.3 Å². The Hall–Kier alpha value is -2.74. The van der Waals surface area contributed by atoms with Gasteiger partial charge in [0.1, 0.15) is 23.4 Å². The summed E-state index contributed by atoms with van der Waals surface area (Å²) in [6.07, 6.45) is 0. The monoisotopic (exact) mass is 286 g/mol. The normalized spacial score (nSPS) is 11.3. The Labute approximate surface area is 122 Å². The van der Waals surface area contributed by atoms with Crippen LogP contribution in [-0.4, -0.2) is 14.2 Å². The van der Waals surface area contributed by atoms with E-state index in [1.807, 2.05) is 0 Å². The summed E-state index contributed by atoms with van der Waals surface area (Å²) >= 11 is 0. The van der Waals surface area contributed by atoms with Gasteiger partial charge in [-0.05, 0) is 35.9 Å². The maximum absolute atomic E-state index is 13.2. The van der Waals surface area contributed by atoms with E-state index in [1.54, 1.807) is 44.6 Å². The van der Waals surface area contributed by atoms with Crippen LogP contribution in [0.2, 0.25) is 0 Å². The Morgan fingerprint density at radius 2 is 1.76 bits per heavy atom. The largest absolute Gasteiger partial charge is 0.497 e. The lowest BCUT2D eigenvalue weighted by Crippen LogP contribution is -2.09. The van der Waals surface area contributed by atoms with E-state index in [2.05, 4.69) is 11.4 Å². The van der Waals surface area contributed by atoms with Gasteiger partial charge < -0.3 is 14.8 Å². The highest BCUT2D eigenvalue weighted by molar-refractivity contribution is 5.50. The number of benzene rings is 2. The van der Waals surface area contributed by atoms with Crippen LogP contribution in [0.5, 0.6) is 11.5 Å². The molecule has 2 aromatic rings. The lowest BCUT2D eigenvalue weighted by atomic mass is 10.1. The molecule has 0 heterocycles. The summed E-state index contributed by atoms with van der Waals surface area (Å²) in [5.41, 5.74) is 1.21. The van der Waals surface area contributed by atoms with Crippen LogP contribution < -0.4 is 14.8 Å².